The molecule has 2 aliphatic rings. The maximum absolute atomic E-state index is 11.7. The molecule has 0 bridgehead atoms. The summed E-state index contributed by atoms with van der Waals surface area (Å²) in [6.45, 7) is 5.67. The molecule has 2 heterocycles. The Kier molecular flexibility index (Phi) is 5.28. The first-order valence-corrected chi connectivity index (χ1v) is 8.60. The molecule has 0 radical (unpaired) electrons. The lowest BCUT2D eigenvalue weighted by Gasteiger charge is -2.22. The maximum atomic E-state index is 11.7. The van der Waals surface area contributed by atoms with Crippen molar-refractivity contribution in [1.82, 2.24) is 10.2 Å². The van der Waals surface area contributed by atoms with Crippen molar-refractivity contribution < 1.29 is 14.3 Å². The van der Waals surface area contributed by atoms with Crippen molar-refractivity contribution >= 4 is 17.5 Å². The summed E-state index contributed by atoms with van der Waals surface area (Å²) >= 11 is 6.31. The number of carbonyl (C=O) groups excluding carboxylic acids is 1. The van der Waals surface area contributed by atoms with E-state index in [4.69, 9.17) is 21.1 Å². The number of nitrogens with zero attached hydrogens (tertiary/aromatic N) is 1. The highest BCUT2D eigenvalue weighted by Gasteiger charge is 2.21. The first-order chi connectivity index (χ1) is 11.1. The van der Waals surface area contributed by atoms with E-state index in [0.29, 0.717) is 42.7 Å². The summed E-state index contributed by atoms with van der Waals surface area (Å²) in [5, 5.41) is 4.03. The van der Waals surface area contributed by atoms with Gasteiger partial charge in [-0.3, -0.25) is 4.79 Å². The highest BCUT2D eigenvalue weighted by atomic mass is 35.5. The molecule has 126 valence electrons. The Balaban J connectivity index is 1.58. The van der Waals surface area contributed by atoms with Crippen LogP contribution in [-0.4, -0.2) is 43.2 Å². The van der Waals surface area contributed by atoms with E-state index in [1.54, 1.807) is 0 Å². The van der Waals surface area contributed by atoms with Gasteiger partial charge in [-0.05, 0) is 31.0 Å². The SMILES string of the molecule is C[C@H](CN1CCCC1=O)NCc1cc(Cl)c2c(c1)OCCCO2. The van der Waals surface area contributed by atoms with Crippen molar-refractivity contribution in [3.63, 3.8) is 0 Å². The van der Waals surface area contributed by atoms with Gasteiger partial charge in [-0.2, -0.15) is 0 Å². The normalized spacial score (nSPS) is 18.9. The van der Waals surface area contributed by atoms with Gasteiger partial charge in [0.25, 0.3) is 0 Å². The number of hydrogen-bond donors (Lipinski definition) is 1. The highest BCUT2D eigenvalue weighted by molar-refractivity contribution is 6.32. The Labute approximate surface area is 141 Å². The molecular formula is C17H23ClN2O3. The van der Waals surface area contributed by atoms with Crippen molar-refractivity contribution in [2.24, 2.45) is 0 Å². The van der Waals surface area contributed by atoms with Gasteiger partial charge in [0.15, 0.2) is 11.5 Å². The minimum atomic E-state index is 0.229. The first-order valence-electron chi connectivity index (χ1n) is 8.22. The van der Waals surface area contributed by atoms with Gasteiger partial charge in [-0.25, -0.2) is 0 Å². The minimum Gasteiger partial charge on any atom is -0.489 e. The molecule has 1 aromatic carbocycles. The van der Waals surface area contributed by atoms with E-state index in [9.17, 15) is 4.79 Å². The number of carbonyl (C=O) groups is 1. The molecule has 0 saturated carbocycles. The predicted octanol–water partition coefficient (Wildman–Crippen LogP) is 2.60. The van der Waals surface area contributed by atoms with E-state index in [0.717, 1.165) is 31.5 Å². The zero-order valence-corrected chi connectivity index (χ0v) is 14.2. The molecule has 6 heteroatoms. The Hall–Kier alpha value is -1.46. The number of likely N-dealkylation sites (tertiary alicyclic amines) is 1. The lowest BCUT2D eigenvalue weighted by Crippen LogP contribution is -2.39. The summed E-state index contributed by atoms with van der Waals surface area (Å²) in [4.78, 5) is 13.6. The van der Waals surface area contributed by atoms with Crippen LogP contribution in [0, 0.1) is 0 Å². The number of fused-ring (bicyclic) bond motifs is 1. The van der Waals surface area contributed by atoms with E-state index in [1.165, 1.54) is 0 Å². The largest absolute Gasteiger partial charge is 0.489 e. The van der Waals surface area contributed by atoms with Gasteiger partial charge in [0.05, 0.1) is 18.2 Å². The fourth-order valence-corrected chi connectivity index (χ4v) is 3.26. The molecule has 0 aliphatic carbocycles. The van der Waals surface area contributed by atoms with E-state index >= 15 is 0 Å². The number of rotatable bonds is 5. The van der Waals surface area contributed by atoms with Crippen molar-refractivity contribution in [3.8, 4) is 11.5 Å². The summed E-state index contributed by atoms with van der Waals surface area (Å²) in [6, 6.07) is 4.12. The molecule has 1 fully saturated rings. The second-order valence-corrected chi connectivity index (χ2v) is 6.59. The van der Waals surface area contributed by atoms with Crippen molar-refractivity contribution in [2.75, 3.05) is 26.3 Å². The van der Waals surface area contributed by atoms with E-state index in [1.807, 2.05) is 17.0 Å². The summed E-state index contributed by atoms with van der Waals surface area (Å²) in [5.41, 5.74) is 1.05. The highest BCUT2D eigenvalue weighted by Crippen LogP contribution is 2.37. The van der Waals surface area contributed by atoms with Crippen LogP contribution in [0.15, 0.2) is 12.1 Å². The topological polar surface area (TPSA) is 50.8 Å². The molecule has 5 nitrogen and oxygen atoms in total. The molecule has 1 aromatic rings. The van der Waals surface area contributed by atoms with Crippen molar-refractivity contribution in [2.45, 2.75) is 38.8 Å². The first kappa shape index (κ1) is 16.4. The molecule has 1 saturated heterocycles. The van der Waals surface area contributed by atoms with E-state index in [-0.39, 0.29) is 11.9 Å². The molecular weight excluding hydrogens is 316 g/mol. The average molecular weight is 339 g/mol. The average Bonchev–Trinajstić information content (AvgIpc) is 2.78. The number of ether oxygens (including phenoxy) is 2. The predicted molar refractivity (Wildman–Crippen MR) is 89.2 cm³/mol. The van der Waals surface area contributed by atoms with Crippen LogP contribution in [0.2, 0.25) is 5.02 Å². The Morgan fingerprint density at radius 2 is 2.13 bits per heavy atom. The van der Waals surface area contributed by atoms with Crippen LogP contribution >= 0.6 is 11.6 Å². The minimum absolute atomic E-state index is 0.229. The van der Waals surface area contributed by atoms with Gasteiger partial charge in [0, 0.05) is 38.5 Å². The van der Waals surface area contributed by atoms with Gasteiger partial charge >= 0.3 is 0 Å². The van der Waals surface area contributed by atoms with Crippen molar-refractivity contribution in [3.05, 3.63) is 22.7 Å². The second-order valence-electron chi connectivity index (χ2n) is 6.18. The number of benzene rings is 1. The van der Waals surface area contributed by atoms with Crippen molar-refractivity contribution in [1.29, 1.82) is 0 Å². The zero-order valence-electron chi connectivity index (χ0n) is 13.4. The fourth-order valence-electron chi connectivity index (χ4n) is 2.97. The number of hydrogen-bond acceptors (Lipinski definition) is 4. The quantitative estimate of drug-likeness (QED) is 0.896. The summed E-state index contributed by atoms with van der Waals surface area (Å²) in [7, 11) is 0. The van der Waals surface area contributed by atoms with Crippen LogP contribution in [-0.2, 0) is 11.3 Å². The Morgan fingerprint density at radius 1 is 1.30 bits per heavy atom. The third kappa shape index (κ3) is 4.09. The lowest BCUT2D eigenvalue weighted by atomic mass is 10.2. The monoisotopic (exact) mass is 338 g/mol. The third-order valence-corrected chi connectivity index (χ3v) is 4.46. The molecule has 1 N–H and O–H groups in total. The fraction of sp³-hybridized carbons (Fsp3) is 0.588. The van der Waals surface area contributed by atoms with Gasteiger partial charge in [0.1, 0.15) is 0 Å². The van der Waals surface area contributed by atoms with Crippen LogP contribution in [0.25, 0.3) is 0 Å². The van der Waals surface area contributed by atoms with Crippen LogP contribution in [0.4, 0.5) is 0 Å². The molecule has 2 aliphatic heterocycles. The molecule has 1 amide bonds. The third-order valence-electron chi connectivity index (χ3n) is 4.18. The number of amides is 1. The molecule has 0 unspecified atom stereocenters. The standard InChI is InChI=1S/C17H23ClN2O3/c1-12(11-20-5-2-4-16(20)21)19-10-13-8-14(18)17-15(9-13)22-6-3-7-23-17/h8-9,12,19H,2-7,10-11H2,1H3/t12-/m1/s1. The number of halogens is 1. The zero-order chi connectivity index (χ0) is 16.2. The van der Waals surface area contributed by atoms with Gasteiger partial charge in [-0.1, -0.05) is 11.6 Å². The van der Waals surface area contributed by atoms with Gasteiger partial charge in [-0.15, -0.1) is 0 Å². The smallest absolute Gasteiger partial charge is 0.222 e. The lowest BCUT2D eigenvalue weighted by molar-refractivity contribution is -0.127. The molecule has 3 rings (SSSR count). The van der Waals surface area contributed by atoms with E-state index in [2.05, 4.69) is 12.2 Å². The summed E-state index contributed by atoms with van der Waals surface area (Å²) in [5.74, 6) is 1.62. The molecule has 0 spiro atoms. The van der Waals surface area contributed by atoms with Gasteiger partial charge < -0.3 is 19.7 Å². The summed E-state index contributed by atoms with van der Waals surface area (Å²) in [6.07, 6.45) is 2.52. The molecule has 0 aromatic heterocycles. The maximum Gasteiger partial charge on any atom is 0.222 e. The van der Waals surface area contributed by atoms with Gasteiger partial charge in [0.2, 0.25) is 5.91 Å². The number of nitrogens with one attached hydrogen (secondary N) is 1. The van der Waals surface area contributed by atoms with Crippen LogP contribution in [0.1, 0.15) is 31.7 Å². The summed E-state index contributed by atoms with van der Waals surface area (Å²) < 4.78 is 11.3. The molecule has 23 heavy (non-hydrogen) atoms. The van der Waals surface area contributed by atoms with Crippen LogP contribution in [0.5, 0.6) is 11.5 Å². The van der Waals surface area contributed by atoms with Crippen LogP contribution in [0.3, 0.4) is 0 Å². The van der Waals surface area contributed by atoms with E-state index < -0.39 is 0 Å². The second kappa shape index (κ2) is 7.41. The van der Waals surface area contributed by atoms with Crippen LogP contribution < -0.4 is 14.8 Å². The molecule has 1 atom stereocenters. The Morgan fingerprint density at radius 3 is 2.91 bits per heavy atom. The Bertz CT molecular complexity index is 579.